The standard InChI is InChI=1S/C14H26O/c1-11(2)12-6-5-7-14(10-12)8-9-15-13(14,3)4/h11-12H,5-10H2,1-4H3. The third-order valence-electron chi connectivity index (χ3n) is 5.15. The summed E-state index contributed by atoms with van der Waals surface area (Å²) in [6.45, 7) is 10.4. The molecule has 88 valence electrons. The molecule has 1 saturated heterocycles. The van der Waals surface area contributed by atoms with Gasteiger partial charge in [-0.2, -0.15) is 0 Å². The first-order chi connectivity index (χ1) is 6.97. The summed E-state index contributed by atoms with van der Waals surface area (Å²) in [5.41, 5.74) is 0.626. The summed E-state index contributed by atoms with van der Waals surface area (Å²) in [6.07, 6.45) is 6.94. The van der Waals surface area contributed by atoms with Gasteiger partial charge < -0.3 is 4.74 Å². The summed E-state index contributed by atoms with van der Waals surface area (Å²) in [4.78, 5) is 0. The van der Waals surface area contributed by atoms with Crippen LogP contribution in [0.5, 0.6) is 0 Å². The van der Waals surface area contributed by atoms with Gasteiger partial charge in [0.05, 0.1) is 5.60 Å². The van der Waals surface area contributed by atoms with Gasteiger partial charge in [-0.3, -0.25) is 0 Å². The third-order valence-corrected chi connectivity index (χ3v) is 5.15. The monoisotopic (exact) mass is 210 g/mol. The Morgan fingerprint density at radius 1 is 1.20 bits per heavy atom. The Bertz CT molecular complexity index is 231. The molecule has 0 radical (unpaired) electrons. The number of ether oxygens (including phenoxy) is 1. The van der Waals surface area contributed by atoms with Crippen LogP contribution < -0.4 is 0 Å². The molecule has 0 aromatic carbocycles. The van der Waals surface area contributed by atoms with E-state index in [1.54, 1.807) is 0 Å². The van der Waals surface area contributed by atoms with Crippen molar-refractivity contribution in [2.45, 2.75) is 65.4 Å². The van der Waals surface area contributed by atoms with Crippen LogP contribution in [0.4, 0.5) is 0 Å². The van der Waals surface area contributed by atoms with E-state index >= 15 is 0 Å². The quantitative estimate of drug-likeness (QED) is 0.635. The summed E-state index contributed by atoms with van der Waals surface area (Å²) < 4.78 is 5.96. The number of hydrogen-bond acceptors (Lipinski definition) is 1. The van der Waals surface area contributed by atoms with E-state index in [4.69, 9.17) is 4.74 Å². The molecule has 1 saturated carbocycles. The second kappa shape index (κ2) is 3.76. The molecular formula is C14H26O. The smallest absolute Gasteiger partial charge is 0.0683 e. The second-order valence-corrected chi connectivity index (χ2v) is 6.49. The van der Waals surface area contributed by atoms with E-state index in [2.05, 4.69) is 27.7 Å². The molecule has 0 N–H and O–H groups in total. The van der Waals surface area contributed by atoms with Crippen molar-refractivity contribution in [3.05, 3.63) is 0 Å². The van der Waals surface area contributed by atoms with Crippen molar-refractivity contribution in [1.82, 2.24) is 0 Å². The SMILES string of the molecule is CC(C)C1CCCC2(CCOC2(C)C)C1. The lowest BCUT2D eigenvalue weighted by molar-refractivity contribution is -0.0622. The zero-order chi connectivity index (χ0) is 11.1. The van der Waals surface area contributed by atoms with Gasteiger partial charge in [-0.05, 0) is 44.9 Å². The van der Waals surface area contributed by atoms with E-state index in [-0.39, 0.29) is 5.60 Å². The van der Waals surface area contributed by atoms with Gasteiger partial charge in [0.2, 0.25) is 0 Å². The molecule has 15 heavy (non-hydrogen) atoms. The van der Waals surface area contributed by atoms with Crippen LogP contribution in [0.2, 0.25) is 0 Å². The minimum atomic E-state index is 0.126. The van der Waals surface area contributed by atoms with Crippen LogP contribution in [-0.2, 0) is 4.74 Å². The van der Waals surface area contributed by atoms with E-state index < -0.39 is 0 Å². The minimum absolute atomic E-state index is 0.126. The Hall–Kier alpha value is -0.0400. The van der Waals surface area contributed by atoms with Crippen LogP contribution in [0.3, 0.4) is 0 Å². The lowest BCUT2D eigenvalue weighted by Gasteiger charge is -2.46. The second-order valence-electron chi connectivity index (χ2n) is 6.49. The highest BCUT2D eigenvalue weighted by molar-refractivity contribution is 5.01. The van der Waals surface area contributed by atoms with Crippen LogP contribution >= 0.6 is 0 Å². The average Bonchev–Trinajstić information content (AvgIpc) is 2.42. The molecule has 1 heterocycles. The topological polar surface area (TPSA) is 9.23 Å². The van der Waals surface area contributed by atoms with E-state index in [9.17, 15) is 0 Å². The van der Waals surface area contributed by atoms with E-state index in [0.717, 1.165) is 18.4 Å². The maximum absolute atomic E-state index is 5.96. The maximum Gasteiger partial charge on any atom is 0.0683 e. The Kier molecular flexibility index (Phi) is 2.87. The van der Waals surface area contributed by atoms with Gasteiger partial charge in [0.15, 0.2) is 0 Å². The number of hydrogen-bond donors (Lipinski definition) is 0. The Morgan fingerprint density at radius 2 is 1.93 bits per heavy atom. The van der Waals surface area contributed by atoms with Gasteiger partial charge >= 0.3 is 0 Å². The summed E-state index contributed by atoms with van der Waals surface area (Å²) in [6, 6.07) is 0. The Morgan fingerprint density at radius 3 is 2.47 bits per heavy atom. The molecule has 2 rings (SSSR count). The van der Waals surface area contributed by atoms with Gasteiger partial charge in [-0.15, -0.1) is 0 Å². The molecule has 0 aromatic heterocycles. The maximum atomic E-state index is 5.96. The highest BCUT2D eigenvalue weighted by Crippen LogP contribution is 2.55. The fourth-order valence-corrected chi connectivity index (χ4v) is 3.71. The van der Waals surface area contributed by atoms with Crippen molar-refractivity contribution >= 4 is 0 Å². The Labute approximate surface area is 94.6 Å². The van der Waals surface area contributed by atoms with Crippen LogP contribution in [0, 0.1) is 17.3 Å². The molecule has 0 aromatic rings. The molecule has 2 unspecified atom stereocenters. The zero-order valence-electron chi connectivity index (χ0n) is 10.8. The van der Waals surface area contributed by atoms with Gasteiger partial charge in [0.1, 0.15) is 0 Å². The van der Waals surface area contributed by atoms with Crippen LogP contribution in [0.15, 0.2) is 0 Å². The molecule has 0 amide bonds. The largest absolute Gasteiger partial charge is 0.375 e. The van der Waals surface area contributed by atoms with Crippen molar-refractivity contribution < 1.29 is 4.74 Å². The summed E-state index contributed by atoms with van der Waals surface area (Å²) in [5, 5.41) is 0. The lowest BCUT2D eigenvalue weighted by atomic mass is 9.60. The van der Waals surface area contributed by atoms with Crippen molar-refractivity contribution in [2.75, 3.05) is 6.61 Å². The first-order valence-electron chi connectivity index (χ1n) is 6.61. The minimum Gasteiger partial charge on any atom is -0.375 e. The van der Waals surface area contributed by atoms with E-state index in [0.29, 0.717) is 5.41 Å². The predicted molar refractivity (Wildman–Crippen MR) is 63.9 cm³/mol. The van der Waals surface area contributed by atoms with Gasteiger partial charge in [0, 0.05) is 12.0 Å². The lowest BCUT2D eigenvalue weighted by Crippen LogP contribution is -2.44. The van der Waals surface area contributed by atoms with E-state index in [1.165, 1.54) is 32.1 Å². The Balaban J connectivity index is 2.14. The molecule has 2 fully saturated rings. The first-order valence-corrected chi connectivity index (χ1v) is 6.61. The van der Waals surface area contributed by atoms with Crippen molar-refractivity contribution in [3.63, 3.8) is 0 Å². The zero-order valence-corrected chi connectivity index (χ0v) is 10.8. The van der Waals surface area contributed by atoms with Gasteiger partial charge in [0.25, 0.3) is 0 Å². The third kappa shape index (κ3) is 1.84. The molecule has 1 aliphatic carbocycles. The summed E-state index contributed by atoms with van der Waals surface area (Å²) >= 11 is 0. The van der Waals surface area contributed by atoms with Gasteiger partial charge in [-0.25, -0.2) is 0 Å². The van der Waals surface area contributed by atoms with Gasteiger partial charge in [-0.1, -0.05) is 26.7 Å². The highest BCUT2D eigenvalue weighted by Gasteiger charge is 2.52. The van der Waals surface area contributed by atoms with Crippen molar-refractivity contribution in [1.29, 1.82) is 0 Å². The molecule has 1 nitrogen and oxygen atoms in total. The number of rotatable bonds is 1. The normalized spacial score (nSPS) is 40.2. The molecule has 1 spiro atoms. The first kappa shape index (κ1) is 11.4. The molecule has 1 aliphatic heterocycles. The van der Waals surface area contributed by atoms with Crippen LogP contribution in [0.25, 0.3) is 0 Å². The summed E-state index contributed by atoms with van der Waals surface area (Å²) in [7, 11) is 0. The highest BCUT2D eigenvalue weighted by atomic mass is 16.5. The fraction of sp³-hybridized carbons (Fsp3) is 1.00. The van der Waals surface area contributed by atoms with E-state index in [1.807, 2.05) is 0 Å². The molecule has 2 aliphatic rings. The van der Waals surface area contributed by atoms with Crippen LogP contribution in [-0.4, -0.2) is 12.2 Å². The molecule has 1 heteroatoms. The molecule has 0 bridgehead atoms. The van der Waals surface area contributed by atoms with Crippen molar-refractivity contribution in [2.24, 2.45) is 17.3 Å². The molecular weight excluding hydrogens is 184 g/mol. The van der Waals surface area contributed by atoms with Crippen LogP contribution in [0.1, 0.15) is 59.8 Å². The van der Waals surface area contributed by atoms with Crippen molar-refractivity contribution in [3.8, 4) is 0 Å². The average molecular weight is 210 g/mol. The summed E-state index contributed by atoms with van der Waals surface area (Å²) in [5.74, 6) is 1.78. The molecule has 2 atom stereocenters. The predicted octanol–water partition coefficient (Wildman–Crippen LogP) is 4.02. The fourth-order valence-electron chi connectivity index (χ4n) is 3.71.